The highest BCUT2D eigenvalue weighted by molar-refractivity contribution is 5.55. The van der Waals surface area contributed by atoms with Crippen molar-refractivity contribution in [3.63, 3.8) is 0 Å². The second-order valence-corrected chi connectivity index (χ2v) is 5.48. The maximum absolute atomic E-state index is 10.3. The Morgan fingerprint density at radius 2 is 1.25 bits per heavy atom. The third-order valence-electron chi connectivity index (χ3n) is 4.03. The first-order valence-electron chi connectivity index (χ1n) is 7.54. The molecule has 0 fully saturated rings. The monoisotopic (exact) mass is 322 g/mol. The van der Waals surface area contributed by atoms with Crippen LogP contribution in [0.3, 0.4) is 0 Å². The molecule has 0 spiro atoms. The van der Waals surface area contributed by atoms with Gasteiger partial charge < -0.3 is 20.1 Å². The molecule has 0 atom stereocenters. The molecule has 0 amide bonds. The third kappa shape index (κ3) is 2.86. The van der Waals surface area contributed by atoms with Crippen molar-refractivity contribution in [2.45, 2.75) is 5.92 Å². The van der Waals surface area contributed by atoms with Gasteiger partial charge in [-0.3, -0.25) is 0 Å². The fraction of sp³-hybridized carbons (Fsp3) is 0.100. The Bertz CT molecular complexity index is 812. The largest absolute Gasteiger partial charge is 0.508 e. The van der Waals surface area contributed by atoms with Crippen molar-refractivity contribution in [2.24, 2.45) is 0 Å². The Kier molecular flexibility index (Phi) is 4.29. The van der Waals surface area contributed by atoms with Gasteiger partial charge in [-0.2, -0.15) is 0 Å². The van der Waals surface area contributed by atoms with Gasteiger partial charge in [-0.05, 0) is 29.8 Å². The zero-order valence-corrected chi connectivity index (χ0v) is 13.2. The average molecular weight is 322 g/mol. The molecule has 0 aliphatic heterocycles. The van der Waals surface area contributed by atoms with Crippen molar-refractivity contribution in [3.05, 3.63) is 83.4 Å². The summed E-state index contributed by atoms with van der Waals surface area (Å²) in [4.78, 5) is 0. The summed E-state index contributed by atoms with van der Waals surface area (Å²) in [6, 6.07) is 19.0. The fourth-order valence-electron chi connectivity index (χ4n) is 2.86. The highest BCUT2D eigenvalue weighted by Gasteiger charge is 2.23. The Morgan fingerprint density at radius 1 is 0.708 bits per heavy atom. The van der Waals surface area contributed by atoms with Crippen molar-refractivity contribution in [3.8, 4) is 23.0 Å². The molecule has 3 N–H and O–H groups in total. The number of hydrogen-bond donors (Lipinski definition) is 3. The van der Waals surface area contributed by atoms with E-state index in [0.29, 0.717) is 16.9 Å². The number of ether oxygens (including phenoxy) is 1. The van der Waals surface area contributed by atoms with Gasteiger partial charge in [0.1, 0.15) is 11.5 Å². The third-order valence-corrected chi connectivity index (χ3v) is 4.03. The van der Waals surface area contributed by atoms with Crippen molar-refractivity contribution in [1.29, 1.82) is 0 Å². The van der Waals surface area contributed by atoms with Gasteiger partial charge in [-0.1, -0.05) is 42.5 Å². The molecule has 4 nitrogen and oxygen atoms in total. The van der Waals surface area contributed by atoms with Gasteiger partial charge in [0, 0.05) is 17.0 Å². The second-order valence-electron chi connectivity index (χ2n) is 5.48. The molecule has 0 saturated carbocycles. The zero-order chi connectivity index (χ0) is 17.1. The summed E-state index contributed by atoms with van der Waals surface area (Å²) < 4.78 is 5.19. The quantitative estimate of drug-likeness (QED) is 0.635. The maximum atomic E-state index is 10.3. The first-order valence-corrected chi connectivity index (χ1v) is 7.54. The molecule has 0 heterocycles. The van der Waals surface area contributed by atoms with E-state index in [9.17, 15) is 15.3 Å². The van der Waals surface area contributed by atoms with Crippen LogP contribution in [0.15, 0.2) is 66.7 Å². The molecule has 0 aliphatic rings. The van der Waals surface area contributed by atoms with E-state index in [1.54, 1.807) is 42.5 Å². The van der Waals surface area contributed by atoms with Crippen LogP contribution in [0.1, 0.15) is 22.6 Å². The van der Waals surface area contributed by atoms with Gasteiger partial charge in [-0.15, -0.1) is 0 Å². The summed E-state index contributed by atoms with van der Waals surface area (Å²) in [5.74, 6) is 0.246. The lowest BCUT2D eigenvalue weighted by atomic mass is 9.84. The lowest BCUT2D eigenvalue weighted by molar-refractivity contribution is 0.373. The Balaban J connectivity index is 2.24. The van der Waals surface area contributed by atoms with E-state index < -0.39 is 5.92 Å². The van der Waals surface area contributed by atoms with E-state index >= 15 is 0 Å². The maximum Gasteiger partial charge on any atom is 0.160 e. The first kappa shape index (κ1) is 15.7. The molecular formula is C20H18O4. The Hall–Kier alpha value is -3.14. The van der Waals surface area contributed by atoms with Gasteiger partial charge >= 0.3 is 0 Å². The fourth-order valence-corrected chi connectivity index (χ4v) is 2.86. The minimum absolute atomic E-state index is 0.0366. The van der Waals surface area contributed by atoms with E-state index in [0.717, 1.165) is 5.56 Å². The van der Waals surface area contributed by atoms with Gasteiger partial charge in [0.05, 0.1) is 7.11 Å². The number of phenols is 3. The Morgan fingerprint density at radius 3 is 1.75 bits per heavy atom. The Labute approximate surface area is 140 Å². The predicted molar refractivity (Wildman–Crippen MR) is 91.8 cm³/mol. The highest BCUT2D eigenvalue weighted by atomic mass is 16.5. The number of benzene rings is 3. The van der Waals surface area contributed by atoms with E-state index in [1.165, 1.54) is 7.11 Å². The lowest BCUT2D eigenvalue weighted by Crippen LogP contribution is -2.04. The van der Waals surface area contributed by atoms with Crippen molar-refractivity contribution >= 4 is 0 Å². The van der Waals surface area contributed by atoms with Crippen molar-refractivity contribution in [1.82, 2.24) is 0 Å². The molecule has 0 saturated heterocycles. The van der Waals surface area contributed by atoms with Crippen LogP contribution >= 0.6 is 0 Å². The van der Waals surface area contributed by atoms with Crippen LogP contribution in [0.25, 0.3) is 0 Å². The standard InChI is InChI=1S/C20H18O4/c1-24-19-12-13(10-11-18(19)23)20(14-6-2-4-8-16(14)21)15-7-3-5-9-17(15)22/h2-12,20-23H,1H3. The minimum Gasteiger partial charge on any atom is -0.508 e. The molecule has 0 aliphatic carbocycles. The van der Waals surface area contributed by atoms with E-state index in [-0.39, 0.29) is 17.2 Å². The van der Waals surface area contributed by atoms with Crippen LogP contribution in [-0.4, -0.2) is 22.4 Å². The topological polar surface area (TPSA) is 69.9 Å². The number of para-hydroxylation sites is 2. The summed E-state index contributed by atoms with van der Waals surface area (Å²) >= 11 is 0. The highest BCUT2D eigenvalue weighted by Crippen LogP contribution is 2.42. The van der Waals surface area contributed by atoms with Crippen LogP contribution in [0.4, 0.5) is 0 Å². The van der Waals surface area contributed by atoms with Crippen LogP contribution in [0.2, 0.25) is 0 Å². The number of rotatable bonds is 4. The molecule has 0 aromatic heterocycles. The number of phenolic OH excluding ortho intramolecular Hbond substituents is 3. The van der Waals surface area contributed by atoms with Gasteiger partial charge in [0.25, 0.3) is 0 Å². The van der Waals surface area contributed by atoms with Crippen LogP contribution < -0.4 is 4.74 Å². The van der Waals surface area contributed by atoms with E-state index in [4.69, 9.17) is 4.74 Å². The minimum atomic E-state index is -0.401. The smallest absolute Gasteiger partial charge is 0.160 e. The van der Waals surface area contributed by atoms with Crippen LogP contribution in [0.5, 0.6) is 23.0 Å². The summed E-state index contributed by atoms with van der Waals surface area (Å²) in [6.07, 6.45) is 0. The summed E-state index contributed by atoms with van der Waals surface area (Å²) in [6.45, 7) is 0. The molecule has 3 aromatic carbocycles. The van der Waals surface area contributed by atoms with Crippen LogP contribution in [-0.2, 0) is 0 Å². The molecule has 3 rings (SSSR count). The summed E-state index contributed by atoms with van der Waals surface area (Å²) in [5, 5.41) is 30.5. The first-order chi connectivity index (χ1) is 11.6. The molecule has 24 heavy (non-hydrogen) atoms. The molecule has 3 aromatic rings. The molecular weight excluding hydrogens is 304 g/mol. The molecule has 0 radical (unpaired) electrons. The summed E-state index contributed by atoms with van der Waals surface area (Å²) in [5.41, 5.74) is 2.10. The number of methoxy groups -OCH3 is 1. The molecule has 0 bridgehead atoms. The van der Waals surface area contributed by atoms with E-state index in [1.807, 2.05) is 24.3 Å². The van der Waals surface area contributed by atoms with Crippen molar-refractivity contribution in [2.75, 3.05) is 7.11 Å². The number of aromatic hydroxyl groups is 3. The van der Waals surface area contributed by atoms with Gasteiger partial charge in [0.15, 0.2) is 11.5 Å². The van der Waals surface area contributed by atoms with Crippen LogP contribution in [0, 0.1) is 0 Å². The molecule has 0 unspecified atom stereocenters. The zero-order valence-electron chi connectivity index (χ0n) is 13.2. The van der Waals surface area contributed by atoms with Gasteiger partial charge in [0.2, 0.25) is 0 Å². The summed E-state index contributed by atoms with van der Waals surface area (Å²) in [7, 11) is 1.48. The predicted octanol–water partition coefficient (Wildman–Crippen LogP) is 3.99. The SMILES string of the molecule is COc1cc(C(c2ccccc2O)c2ccccc2O)ccc1O. The second kappa shape index (κ2) is 6.54. The van der Waals surface area contributed by atoms with Crippen molar-refractivity contribution < 1.29 is 20.1 Å². The molecule has 122 valence electrons. The molecule has 4 heteroatoms. The normalized spacial score (nSPS) is 10.8. The number of hydrogen-bond acceptors (Lipinski definition) is 4. The lowest BCUT2D eigenvalue weighted by Gasteiger charge is -2.21. The average Bonchev–Trinajstić information content (AvgIpc) is 2.59. The van der Waals surface area contributed by atoms with E-state index in [2.05, 4.69) is 0 Å². The van der Waals surface area contributed by atoms with Gasteiger partial charge in [-0.25, -0.2) is 0 Å².